The third-order valence-corrected chi connectivity index (χ3v) is 2.98. The Morgan fingerprint density at radius 1 is 1.11 bits per heavy atom. The SMILES string of the molecule is CCOCCN(CCOCC)c1ccc(Cl)cc1N. The Morgan fingerprint density at radius 2 is 1.68 bits per heavy atom. The molecule has 0 atom stereocenters. The Balaban J connectivity index is 2.69. The molecule has 1 aromatic rings. The fraction of sp³-hybridized carbons (Fsp3) is 0.571. The predicted octanol–water partition coefficient (Wildman–Crippen LogP) is 2.80. The van der Waals surface area contributed by atoms with Crippen LogP contribution in [0.2, 0.25) is 5.02 Å². The molecule has 0 unspecified atom stereocenters. The van der Waals surface area contributed by atoms with Crippen LogP contribution in [0, 0.1) is 0 Å². The van der Waals surface area contributed by atoms with Crippen LogP contribution in [-0.2, 0) is 9.47 Å². The van der Waals surface area contributed by atoms with E-state index in [0.717, 1.165) is 32.0 Å². The lowest BCUT2D eigenvalue weighted by atomic mass is 10.2. The quantitative estimate of drug-likeness (QED) is 0.560. The summed E-state index contributed by atoms with van der Waals surface area (Å²) in [6.07, 6.45) is 0. The molecule has 0 spiro atoms. The lowest BCUT2D eigenvalue weighted by Crippen LogP contribution is -2.31. The highest BCUT2D eigenvalue weighted by Crippen LogP contribution is 2.26. The number of nitrogens with two attached hydrogens (primary N) is 1. The molecule has 19 heavy (non-hydrogen) atoms. The average Bonchev–Trinajstić information content (AvgIpc) is 2.38. The maximum absolute atomic E-state index is 6.02. The lowest BCUT2D eigenvalue weighted by molar-refractivity contribution is 0.141. The first kappa shape index (κ1) is 16.1. The molecule has 0 aliphatic carbocycles. The molecule has 0 saturated carbocycles. The molecular formula is C14H23ClN2O2. The number of nitrogen functional groups attached to an aromatic ring is 1. The van der Waals surface area contributed by atoms with Crippen LogP contribution in [0.3, 0.4) is 0 Å². The second kappa shape index (κ2) is 9.02. The smallest absolute Gasteiger partial charge is 0.0641 e. The minimum absolute atomic E-state index is 0.649. The molecule has 0 bridgehead atoms. The van der Waals surface area contributed by atoms with Gasteiger partial charge in [-0.25, -0.2) is 0 Å². The number of nitrogens with zero attached hydrogens (tertiary/aromatic N) is 1. The van der Waals surface area contributed by atoms with Crippen molar-refractivity contribution in [1.29, 1.82) is 0 Å². The first-order valence-electron chi connectivity index (χ1n) is 6.64. The summed E-state index contributed by atoms with van der Waals surface area (Å²) in [4.78, 5) is 2.16. The van der Waals surface area contributed by atoms with Crippen LogP contribution in [0.25, 0.3) is 0 Å². The summed E-state index contributed by atoms with van der Waals surface area (Å²) in [6, 6.07) is 5.56. The van der Waals surface area contributed by atoms with Gasteiger partial charge in [-0.1, -0.05) is 11.6 Å². The molecule has 0 aliphatic heterocycles. The van der Waals surface area contributed by atoms with Crippen molar-refractivity contribution in [3.63, 3.8) is 0 Å². The monoisotopic (exact) mass is 286 g/mol. The first-order valence-corrected chi connectivity index (χ1v) is 7.02. The van der Waals surface area contributed by atoms with Crippen molar-refractivity contribution in [1.82, 2.24) is 0 Å². The van der Waals surface area contributed by atoms with Crippen molar-refractivity contribution in [2.75, 3.05) is 50.2 Å². The van der Waals surface area contributed by atoms with Gasteiger partial charge in [0, 0.05) is 31.3 Å². The minimum Gasteiger partial charge on any atom is -0.397 e. The van der Waals surface area contributed by atoms with E-state index in [4.69, 9.17) is 26.8 Å². The Morgan fingerprint density at radius 3 is 2.16 bits per heavy atom. The summed E-state index contributed by atoms with van der Waals surface area (Å²) in [7, 11) is 0. The van der Waals surface area contributed by atoms with Crippen LogP contribution < -0.4 is 10.6 Å². The second-order valence-electron chi connectivity index (χ2n) is 4.08. The summed E-state index contributed by atoms with van der Waals surface area (Å²) >= 11 is 5.93. The molecule has 0 saturated heterocycles. The van der Waals surface area contributed by atoms with Gasteiger partial charge in [-0.2, -0.15) is 0 Å². The van der Waals surface area contributed by atoms with Gasteiger partial charge in [-0.05, 0) is 32.0 Å². The fourth-order valence-corrected chi connectivity index (χ4v) is 1.98. The molecule has 0 amide bonds. The van der Waals surface area contributed by atoms with E-state index >= 15 is 0 Å². The minimum atomic E-state index is 0.649. The molecule has 1 aromatic carbocycles. The van der Waals surface area contributed by atoms with E-state index < -0.39 is 0 Å². The van der Waals surface area contributed by atoms with E-state index in [-0.39, 0.29) is 0 Å². The summed E-state index contributed by atoms with van der Waals surface area (Å²) in [5.41, 5.74) is 7.68. The summed E-state index contributed by atoms with van der Waals surface area (Å²) in [6.45, 7) is 8.32. The molecule has 4 nitrogen and oxygen atoms in total. The van der Waals surface area contributed by atoms with Gasteiger partial charge in [-0.3, -0.25) is 0 Å². The number of hydrogen-bond donors (Lipinski definition) is 1. The molecular weight excluding hydrogens is 264 g/mol. The van der Waals surface area contributed by atoms with Gasteiger partial charge in [0.05, 0.1) is 24.6 Å². The van der Waals surface area contributed by atoms with Gasteiger partial charge in [0.15, 0.2) is 0 Å². The van der Waals surface area contributed by atoms with Crippen molar-refractivity contribution >= 4 is 23.0 Å². The van der Waals surface area contributed by atoms with Crippen LogP contribution >= 0.6 is 11.6 Å². The highest BCUT2D eigenvalue weighted by Gasteiger charge is 2.10. The number of halogens is 1. The third kappa shape index (κ3) is 5.68. The molecule has 5 heteroatoms. The molecule has 0 heterocycles. The fourth-order valence-electron chi connectivity index (χ4n) is 1.80. The van der Waals surface area contributed by atoms with Crippen LogP contribution in [0.5, 0.6) is 0 Å². The van der Waals surface area contributed by atoms with E-state index in [1.807, 2.05) is 26.0 Å². The van der Waals surface area contributed by atoms with Gasteiger partial charge in [-0.15, -0.1) is 0 Å². The van der Waals surface area contributed by atoms with Gasteiger partial charge in [0.1, 0.15) is 0 Å². The first-order chi connectivity index (χ1) is 9.19. The average molecular weight is 287 g/mol. The Hall–Kier alpha value is -0.970. The predicted molar refractivity (Wildman–Crippen MR) is 81.1 cm³/mol. The van der Waals surface area contributed by atoms with Gasteiger partial charge >= 0.3 is 0 Å². The summed E-state index contributed by atoms with van der Waals surface area (Å²) < 4.78 is 10.8. The number of anilines is 2. The van der Waals surface area contributed by atoms with Crippen molar-refractivity contribution in [2.24, 2.45) is 0 Å². The zero-order valence-electron chi connectivity index (χ0n) is 11.7. The largest absolute Gasteiger partial charge is 0.397 e. The van der Waals surface area contributed by atoms with Crippen molar-refractivity contribution in [3.8, 4) is 0 Å². The number of rotatable bonds is 9. The molecule has 1 rings (SSSR count). The van der Waals surface area contributed by atoms with E-state index in [1.54, 1.807) is 6.07 Å². The third-order valence-electron chi connectivity index (χ3n) is 2.75. The van der Waals surface area contributed by atoms with Crippen LogP contribution in [0.1, 0.15) is 13.8 Å². The van der Waals surface area contributed by atoms with Gasteiger partial charge in [0.2, 0.25) is 0 Å². The summed E-state index contributed by atoms with van der Waals surface area (Å²) in [5.74, 6) is 0. The zero-order chi connectivity index (χ0) is 14.1. The van der Waals surface area contributed by atoms with Gasteiger partial charge in [0.25, 0.3) is 0 Å². The van der Waals surface area contributed by atoms with E-state index in [0.29, 0.717) is 23.9 Å². The molecule has 0 fully saturated rings. The van der Waals surface area contributed by atoms with Crippen LogP contribution in [0.15, 0.2) is 18.2 Å². The Labute approximate surface area is 120 Å². The maximum atomic E-state index is 6.02. The Bertz CT molecular complexity index is 364. The van der Waals surface area contributed by atoms with E-state index in [2.05, 4.69) is 4.90 Å². The number of ether oxygens (including phenoxy) is 2. The molecule has 108 valence electrons. The number of hydrogen-bond acceptors (Lipinski definition) is 4. The molecule has 0 radical (unpaired) electrons. The standard InChI is InChI=1S/C14H23ClN2O2/c1-3-18-9-7-17(8-10-19-4-2)14-6-5-12(15)11-13(14)16/h5-6,11H,3-4,7-10,16H2,1-2H3. The normalized spacial score (nSPS) is 10.7. The van der Waals surface area contributed by atoms with Crippen molar-refractivity contribution in [3.05, 3.63) is 23.2 Å². The molecule has 2 N–H and O–H groups in total. The highest BCUT2D eigenvalue weighted by atomic mass is 35.5. The van der Waals surface area contributed by atoms with E-state index in [1.165, 1.54) is 0 Å². The topological polar surface area (TPSA) is 47.7 Å². The van der Waals surface area contributed by atoms with Crippen LogP contribution in [0.4, 0.5) is 11.4 Å². The van der Waals surface area contributed by atoms with E-state index in [9.17, 15) is 0 Å². The Kier molecular flexibility index (Phi) is 7.63. The summed E-state index contributed by atoms with van der Waals surface area (Å²) in [5, 5.41) is 0.649. The number of benzene rings is 1. The molecule has 0 aromatic heterocycles. The molecule has 0 aliphatic rings. The van der Waals surface area contributed by atoms with Gasteiger partial charge < -0.3 is 20.1 Å². The maximum Gasteiger partial charge on any atom is 0.0641 e. The van der Waals surface area contributed by atoms with Crippen molar-refractivity contribution < 1.29 is 9.47 Å². The van der Waals surface area contributed by atoms with Crippen LogP contribution in [-0.4, -0.2) is 39.5 Å². The lowest BCUT2D eigenvalue weighted by Gasteiger charge is -2.26. The zero-order valence-corrected chi connectivity index (χ0v) is 12.4. The highest BCUT2D eigenvalue weighted by molar-refractivity contribution is 6.31. The second-order valence-corrected chi connectivity index (χ2v) is 4.52. The van der Waals surface area contributed by atoms with Crippen molar-refractivity contribution in [2.45, 2.75) is 13.8 Å².